The average molecular weight is 308 g/mol. The van der Waals surface area contributed by atoms with Gasteiger partial charge < -0.3 is 4.98 Å². The molecule has 5 nitrogen and oxygen atoms in total. The monoisotopic (exact) mass is 306 g/mol. The Morgan fingerprint density at radius 3 is 2.56 bits per heavy atom. The number of benzene rings is 1. The summed E-state index contributed by atoms with van der Waals surface area (Å²) >= 11 is 16.5. The number of alkyl halides is 3. The number of fused-ring (bicyclic) bond motifs is 1. The van der Waals surface area contributed by atoms with Gasteiger partial charge in [-0.2, -0.15) is 0 Å². The first-order valence-corrected chi connectivity index (χ1v) is 5.82. The Labute approximate surface area is 116 Å². The van der Waals surface area contributed by atoms with E-state index < -0.39 is 14.5 Å². The van der Waals surface area contributed by atoms with Crippen molar-refractivity contribution in [1.29, 1.82) is 0 Å². The highest BCUT2D eigenvalue weighted by Gasteiger charge is 2.33. The molecule has 0 amide bonds. The van der Waals surface area contributed by atoms with Crippen LogP contribution in [0.1, 0.15) is 10.4 Å². The second-order valence-corrected chi connectivity index (χ2v) is 5.77. The van der Waals surface area contributed by atoms with Crippen LogP contribution >= 0.6 is 34.8 Å². The van der Waals surface area contributed by atoms with Crippen molar-refractivity contribution in [1.82, 2.24) is 4.98 Å². The molecule has 1 aromatic carbocycles. The van der Waals surface area contributed by atoms with E-state index in [9.17, 15) is 14.9 Å². The van der Waals surface area contributed by atoms with E-state index >= 15 is 0 Å². The molecule has 0 spiro atoms. The van der Waals surface area contributed by atoms with Crippen LogP contribution in [0.2, 0.25) is 0 Å². The summed E-state index contributed by atoms with van der Waals surface area (Å²) < 4.78 is -2.10. The van der Waals surface area contributed by atoms with E-state index in [0.29, 0.717) is 5.39 Å². The highest BCUT2D eigenvalue weighted by molar-refractivity contribution is 6.77. The number of hydrogen-bond donors (Lipinski definition) is 1. The van der Waals surface area contributed by atoms with Crippen molar-refractivity contribution in [3.63, 3.8) is 0 Å². The molecule has 1 heterocycles. The number of aromatic amines is 1. The molecular formula is C10H5Cl3N2O3. The van der Waals surface area contributed by atoms with Crippen LogP contribution in [-0.4, -0.2) is 19.5 Å². The summed E-state index contributed by atoms with van der Waals surface area (Å²) in [5.41, 5.74) is 0.185. The van der Waals surface area contributed by atoms with Crippen LogP contribution in [0.3, 0.4) is 0 Å². The lowest BCUT2D eigenvalue weighted by atomic mass is 10.1. The van der Waals surface area contributed by atoms with E-state index in [-0.39, 0.29) is 16.8 Å². The largest absolute Gasteiger partial charge is 0.355 e. The van der Waals surface area contributed by atoms with Gasteiger partial charge in [-0.15, -0.1) is 0 Å². The van der Waals surface area contributed by atoms with Gasteiger partial charge in [-0.05, 0) is 0 Å². The van der Waals surface area contributed by atoms with Gasteiger partial charge in [0, 0.05) is 23.2 Å². The number of nitro benzene ring substituents is 1. The highest BCUT2D eigenvalue weighted by Crippen LogP contribution is 2.34. The molecule has 0 fully saturated rings. The zero-order valence-electron chi connectivity index (χ0n) is 8.62. The first kappa shape index (κ1) is 13.1. The zero-order valence-corrected chi connectivity index (χ0v) is 10.9. The van der Waals surface area contributed by atoms with Gasteiger partial charge in [0.15, 0.2) is 0 Å². The van der Waals surface area contributed by atoms with Crippen molar-refractivity contribution >= 4 is 57.2 Å². The molecule has 0 bridgehead atoms. The number of rotatable bonds is 2. The van der Waals surface area contributed by atoms with Crippen molar-refractivity contribution in [3.05, 3.63) is 40.1 Å². The molecule has 8 heteroatoms. The van der Waals surface area contributed by atoms with Crippen LogP contribution in [-0.2, 0) is 0 Å². The third-order valence-corrected chi connectivity index (χ3v) is 2.91. The maximum absolute atomic E-state index is 11.8. The molecule has 0 saturated heterocycles. The first-order chi connectivity index (χ1) is 8.32. The first-order valence-electron chi connectivity index (χ1n) is 4.68. The molecule has 0 aliphatic heterocycles. The molecule has 0 radical (unpaired) electrons. The average Bonchev–Trinajstić information content (AvgIpc) is 2.69. The molecule has 2 rings (SSSR count). The van der Waals surface area contributed by atoms with Gasteiger partial charge in [0.2, 0.25) is 5.78 Å². The maximum atomic E-state index is 11.8. The number of para-hydroxylation sites is 1. The lowest BCUT2D eigenvalue weighted by Gasteiger charge is -2.07. The summed E-state index contributed by atoms with van der Waals surface area (Å²) in [6, 6.07) is 4.33. The van der Waals surface area contributed by atoms with Gasteiger partial charge in [-0.25, -0.2) is 0 Å². The van der Waals surface area contributed by atoms with Crippen molar-refractivity contribution in [2.45, 2.75) is 3.79 Å². The summed E-state index contributed by atoms with van der Waals surface area (Å²) in [6.07, 6.45) is 1.29. The van der Waals surface area contributed by atoms with Gasteiger partial charge in [0.25, 0.3) is 9.48 Å². The minimum absolute atomic E-state index is 0.105. The van der Waals surface area contributed by atoms with Crippen molar-refractivity contribution in [2.24, 2.45) is 0 Å². The lowest BCUT2D eigenvalue weighted by Crippen LogP contribution is -2.18. The van der Waals surface area contributed by atoms with Crippen LogP contribution in [0.15, 0.2) is 24.4 Å². The molecule has 0 aliphatic rings. The van der Waals surface area contributed by atoms with Gasteiger partial charge >= 0.3 is 0 Å². The second-order valence-electron chi connectivity index (χ2n) is 3.49. The highest BCUT2D eigenvalue weighted by atomic mass is 35.6. The Kier molecular flexibility index (Phi) is 3.23. The number of nitrogens with zero attached hydrogens (tertiary/aromatic N) is 1. The molecule has 1 N–H and O–H groups in total. The third-order valence-electron chi connectivity index (χ3n) is 2.39. The molecule has 0 unspecified atom stereocenters. The van der Waals surface area contributed by atoms with Gasteiger partial charge in [0.05, 0.1) is 4.92 Å². The minimum Gasteiger partial charge on any atom is -0.355 e. The number of Topliss-reactive ketones (excluding diaryl/α,β-unsaturated/α-hetero) is 1. The zero-order chi connectivity index (χ0) is 13.5. The van der Waals surface area contributed by atoms with Gasteiger partial charge in [0.1, 0.15) is 5.52 Å². The molecule has 94 valence electrons. The van der Waals surface area contributed by atoms with E-state index in [1.165, 1.54) is 18.3 Å². The van der Waals surface area contributed by atoms with E-state index in [1.807, 2.05) is 0 Å². The topological polar surface area (TPSA) is 76.0 Å². The predicted molar refractivity (Wildman–Crippen MR) is 69.6 cm³/mol. The number of aromatic nitrogens is 1. The Morgan fingerprint density at radius 2 is 2.00 bits per heavy atom. The van der Waals surface area contributed by atoms with E-state index in [1.54, 1.807) is 6.07 Å². The smallest absolute Gasteiger partial charge is 0.293 e. The van der Waals surface area contributed by atoms with Crippen LogP contribution in [0.25, 0.3) is 10.9 Å². The van der Waals surface area contributed by atoms with E-state index in [4.69, 9.17) is 34.8 Å². The number of carbonyl (C=O) groups is 1. The molecular weight excluding hydrogens is 302 g/mol. The summed E-state index contributed by atoms with van der Waals surface area (Å²) in [5, 5.41) is 11.2. The Hall–Kier alpha value is -1.30. The fourth-order valence-corrected chi connectivity index (χ4v) is 1.94. The number of ketones is 1. The Morgan fingerprint density at radius 1 is 1.33 bits per heavy atom. The molecule has 0 atom stereocenters. The molecule has 0 aliphatic carbocycles. The number of halogens is 3. The Bertz CT molecular complexity index is 645. The Balaban J connectivity index is 2.67. The lowest BCUT2D eigenvalue weighted by molar-refractivity contribution is -0.383. The summed E-state index contributed by atoms with van der Waals surface area (Å²) in [7, 11) is 0. The number of carbonyl (C=O) groups excluding carboxylic acids is 1. The van der Waals surface area contributed by atoms with Crippen molar-refractivity contribution in [2.75, 3.05) is 0 Å². The number of H-pyrrole nitrogens is 1. The van der Waals surface area contributed by atoms with Crippen molar-refractivity contribution < 1.29 is 9.72 Å². The third kappa shape index (κ3) is 2.16. The summed E-state index contributed by atoms with van der Waals surface area (Å²) in [6.45, 7) is 0. The van der Waals surface area contributed by atoms with Crippen molar-refractivity contribution in [3.8, 4) is 0 Å². The SMILES string of the molecule is O=C(c1c[nH]c2c([N+](=O)[O-])cccc12)C(Cl)(Cl)Cl. The van der Waals surface area contributed by atoms with Gasteiger partial charge in [-0.1, -0.05) is 46.9 Å². The van der Waals surface area contributed by atoms with Crippen LogP contribution in [0, 0.1) is 10.1 Å². The van der Waals surface area contributed by atoms with Gasteiger partial charge in [-0.3, -0.25) is 14.9 Å². The standard InChI is InChI=1S/C10H5Cl3N2O3/c11-10(12,13)9(16)6-4-14-8-5(6)2-1-3-7(8)15(17)18/h1-4,14H. The fourth-order valence-electron chi connectivity index (χ4n) is 1.63. The minimum atomic E-state index is -2.10. The number of hydrogen-bond acceptors (Lipinski definition) is 3. The molecule has 0 saturated carbocycles. The molecule has 2 aromatic rings. The fraction of sp³-hybridized carbons (Fsp3) is 0.100. The quantitative estimate of drug-likeness (QED) is 0.398. The second kappa shape index (κ2) is 4.42. The van der Waals surface area contributed by atoms with Crippen LogP contribution in [0.4, 0.5) is 5.69 Å². The van der Waals surface area contributed by atoms with E-state index in [0.717, 1.165) is 0 Å². The van der Waals surface area contributed by atoms with E-state index in [2.05, 4.69) is 4.98 Å². The predicted octanol–water partition coefficient (Wildman–Crippen LogP) is 3.63. The molecule has 1 aromatic heterocycles. The number of non-ortho nitro benzene ring substituents is 1. The maximum Gasteiger partial charge on any atom is 0.293 e. The number of nitrogens with one attached hydrogen (secondary N) is 1. The molecule has 18 heavy (non-hydrogen) atoms. The normalized spacial score (nSPS) is 11.7. The number of nitro groups is 1. The van der Waals surface area contributed by atoms with Crippen LogP contribution < -0.4 is 0 Å². The summed E-state index contributed by atoms with van der Waals surface area (Å²) in [4.78, 5) is 24.7. The van der Waals surface area contributed by atoms with Crippen LogP contribution in [0.5, 0.6) is 0 Å². The summed E-state index contributed by atoms with van der Waals surface area (Å²) in [5.74, 6) is -0.737.